The molecular formula is C22H27ClF3N5O. The highest BCUT2D eigenvalue weighted by atomic mass is 35.5. The second kappa shape index (κ2) is 9.41. The van der Waals surface area contributed by atoms with Crippen molar-refractivity contribution >= 4 is 17.5 Å². The summed E-state index contributed by atoms with van der Waals surface area (Å²) in [5, 5.41) is 3.90. The lowest BCUT2D eigenvalue weighted by Gasteiger charge is -2.38. The quantitative estimate of drug-likeness (QED) is 0.685. The molecule has 0 saturated carbocycles. The minimum Gasteiger partial charge on any atom is -0.335 e. The van der Waals surface area contributed by atoms with Crippen LogP contribution in [0.3, 0.4) is 0 Å². The van der Waals surface area contributed by atoms with Gasteiger partial charge < -0.3 is 9.80 Å². The van der Waals surface area contributed by atoms with Gasteiger partial charge in [0.05, 0.1) is 10.7 Å². The van der Waals surface area contributed by atoms with E-state index in [0.29, 0.717) is 32.1 Å². The van der Waals surface area contributed by atoms with Gasteiger partial charge in [0.1, 0.15) is 5.69 Å². The third-order valence-electron chi connectivity index (χ3n) is 6.20. The highest BCUT2D eigenvalue weighted by Crippen LogP contribution is 2.31. The molecule has 0 bridgehead atoms. The monoisotopic (exact) mass is 469 g/mol. The van der Waals surface area contributed by atoms with Gasteiger partial charge in [-0.15, -0.1) is 0 Å². The number of alkyl halides is 3. The number of likely N-dealkylation sites (tertiary alicyclic amines) is 1. The Morgan fingerprint density at radius 3 is 2.53 bits per heavy atom. The molecule has 174 valence electrons. The molecule has 4 rings (SSSR count). The fourth-order valence-electron chi connectivity index (χ4n) is 4.56. The van der Waals surface area contributed by atoms with Crippen molar-refractivity contribution in [3.63, 3.8) is 0 Å². The van der Waals surface area contributed by atoms with Crippen LogP contribution in [0.15, 0.2) is 30.3 Å². The number of carbonyl (C=O) groups is 1. The molecule has 0 spiro atoms. The molecule has 0 radical (unpaired) electrons. The molecule has 32 heavy (non-hydrogen) atoms. The Hall–Kier alpha value is -2.10. The average molecular weight is 470 g/mol. The molecule has 2 aliphatic rings. The van der Waals surface area contributed by atoms with E-state index in [2.05, 4.69) is 21.9 Å². The molecule has 1 atom stereocenters. The van der Waals surface area contributed by atoms with E-state index in [9.17, 15) is 18.0 Å². The number of hydrogen-bond donors (Lipinski definition) is 0. The summed E-state index contributed by atoms with van der Waals surface area (Å²) in [6, 6.07) is 7.24. The van der Waals surface area contributed by atoms with Gasteiger partial charge in [-0.2, -0.15) is 18.3 Å². The molecule has 0 N–H and O–H groups in total. The van der Waals surface area contributed by atoms with E-state index in [1.54, 1.807) is 29.2 Å². The first-order valence-electron chi connectivity index (χ1n) is 10.8. The normalized spacial score (nSPS) is 21.2. The van der Waals surface area contributed by atoms with E-state index in [4.69, 9.17) is 11.6 Å². The summed E-state index contributed by atoms with van der Waals surface area (Å²) < 4.78 is 41.1. The van der Waals surface area contributed by atoms with Crippen molar-refractivity contribution in [2.75, 3.05) is 52.9 Å². The Labute approximate surface area is 190 Å². The molecule has 2 aromatic rings. The molecule has 0 aliphatic carbocycles. The molecule has 3 heterocycles. The molecular weight excluding hydrogens is 443 g/mol. The summed E-state index contributed by atoms with van der Waals surface area (Å²) in [4.78, 5) is 19.5. The van der Waals surface area contributed by atoms with Crippen molar-refractivity contribution in [1.29, 1.82) is 0 Å². The van der Waals surface area contributed by atoms with Crippen LogP contribution in [0.4, 0.5) is 13.2 Å². The van der Waals surface area contributed by atoms with E-state index >= 15 is 0 Å². The predicted octanol–water partition coefficient (Wildman–Crippen LogP) is 3.64. The molecule has 1 unspecified atom stereocenters. The van der Waals surface area contributed by atoms with Crippen LogP contribution < -0.4 is 0 Å². The van der Waals surface area contributed by atoms with E-state index < -0.39 is 17.8 Å². The van der Waals surface area contributed by atoms with Gasteiger partial charge in [-0.1, -0.05) is 23.7 Å². The molecule has 1 aromatic heterocycles. The van der Waals surface area contributed by atoms with Crippen LogP contribution in [0, 0.1) is 5.92 Å². The molecule has 2 aliphatic heterocycles. The zero-order chi connectivity index (χ0) is 22.9. The lowest BCUT2D eigenvalue weighted by atomic mass is 9.97. The SMILES string of the molecule is CN1CCCC(CN2CCN(C(=O)c3cc(C(F)(F)F)nn3-c3ccccc3Cl)CC2)C1. The Balaban J connectivity index is 1.48. The van der Waals surface area contributed by atoms with Crippen molar-refractivity contribution in [3.8, 4) is 5.69 Å². The minimum absolute atomic E-state index is 0.132. The number of aromatic nitrogens is 2. The Kier molecular flexibility index (Phi) is 6.78. The molecule has 2 saturated heterocycles. The summed E-state index contributed by atoms with van der Waals surface area (Å²) >= 11 is 6.19. The summed E-state index contributed by atoms with van der Waals surface area (Å²) in [7, 11) is 2.14. The topological polar surface area (TPSA) is 44.6 Å². The first-order valence-corrected chi connectivity index (χ1v) is 11.2. The van der Waals surface area contributed by atoms with Crippen LogP contribution in [0.25, 0.3) is 5.69 Å². The van der Waals surface area contributed by atoms with Gasteiger partial charge in [0, 0.05) is 45.3 Å². The molecule has 6 nitrogen and oxygen atoms in total. The largest absolute Gasteiger partial charge is 0.435 e. The van der Waals surface area contributed by atoms with Gasteiger partial charge in [-0.3, -0.25) is 9.69 Å². The number of amides is 1. The molecule has 10 heteroatoms. The van der Waals surface area contributed by atoms with Gasteiger partial charge in [0.15, 0.2) is 5.69 Å². The predicted molar refractivity (Wildman–Crippen MR) is 116 cm³/mol. The van der Waals surface area contributed by atoms with Crippen LogP contribution in [-0.4, -0.2) is 83.2 Å². The fraction of sp³-hybridized carbons (Fsp3) is 0.545. The number of rotatable bonds is 4. The van der Waals surface area contributed by atoms with Crippen molar-refractivity contribution in [2.24, 2.45) is 5.92 Å². The fourth-order valence-corrected chi connectivity index (χ4v) is 4.78. The smallest absolute Gasteiger partial charge is 0.335 e. The van der Waals surface area contributed by atoms with Gasteiger partial charge >= 0.3 is 6.18 Å². The highest BCUT2D eigenvalue weighted by Gasteiger charge is 2.37. The third-order valence-corrected chi connectivity index (χ3v) is 6.52. The summed E-state index contributed by atoms with van der Waals surface area (Å²) in [6.07, 6.45) is -2.25. The maximum atomic E-state index is 13.4. The number of hydrogen-bond acceptors (Lipinski definition) is 4. The Morgan fingerprint density at radius 1 is 1.16 bits per heavy atom. The number of para-hydroxylation sites is 1. The zero-order valence-corrected chi connectivity index (χ0v) is 18.7. The van der Waals surface area contributed by atoms with Crippen LogP contribution >= 0.6 is 11.6 Å². The van der Waals surface area contributed by atoms with E-state index in [1.165, 1.54) is 12.8 Å². The number of halogens is 4. The lowest BCUT2D eigenvalue weighted by Crippen LogP contribution is -2.51. The highest BCUT2D eigenvalue weighted by molar-refractivity contribution is 6.32. The number of piperidine rings is 1. The number of benzene rings is 1. The first kappa shape index (κ1) is 23.1. The minimum atomic E-state index is -4.66. The van der Waals surface area contributed by atoms with E-state index in [0.717, 1.165) is 30.4 Å². The average Bonchev–Trinajstić information content (AvgIpc) is 3.20. The van der Waals surface area contributed by atoms with Crippen LogP contribution in [0.1, 0.15) is 29.0 Å². The maximum absolute atomic E-state index is 13.4. The Bertz CT molecular complexity index is 955. The standard InChI is InChI=1S/C22H27ClF3N5O/c1-28-8-4-5-16(14-28)15-29-9-11-30(12-10-29)21(32)19-13-20(22(24,25)26)27-31(19)18-7-3-2-6-17(18)23/h2-3,6-7,13,16H,4-5,8-12,14-15H2,1H3. The molecule has 1 amide bonds. The number of nitrogens with zero attached hydrogens (tertiary/aromatic N) is 5. The van der Waals surface area contributed by atoms with Crippen LogP contribution in [-0.2, 0) is 6.18 Å². The number of carbonyl (C=O) groups excluding carboxylic acids is 1. The molecule has 2 fully saturated rings. The zero-order valence-electron chi connectivity index (χ0n) is 18.0. The van der Waals surface area contributed by atoms with Gasteiger partial charge in [-0.25, -0.2) is 4.68 Å². The van der Waals surface area contributed by atoms with Crippen molar-refractivity contribution in [3.05, 3.63) is 46.7 Å². The summed E-state index contributed by atoms with van der Waals surface area (Å²) in [6.45, 7) is 5.56. The van der Waals surface area contributed by atoms with Gasteiger partial charge in [0.25, 0.3) is 5.91 Å². The first-order chi connectivity index (χ1) is 15.2. The second-order valence-corrected chi connectivity index (χ2v) is 9.05. The van der Waals surface area contributed by atoms with Crippen molar-refractivity contribution < 1.29 is 18.0 Å². The maximum Gasteiger partial charge on any atom is 0.435 e. The van der Waals surface area contributed by atoms with E-state index in [-0.39, 0.29) is 16.4 Å². The summed E-state index contributed by atoms with van der Waals surface area (Å²) in [5.74, 6) is 0.150. The van der Waals surface area contributed by atoms with Crippen LogP contribution in [0.5, 0.6) is 0 Å². The second-order valence-electron chi connectivity index (χ2n) is 8.64. The van der Waals surface area contributed by atoms with Gasteiger partial charge in [-0.05, 0) is 44.5 Å². The Morgan fingerprint density at radius 2 is 1.88 bits per heavy atom. The lowest BCUT2D eigenvalue weighted by molar-refractivity contribution is -0.141. The summed E-state index contributed by atoms with van der Waals surface area (Å²) in [5.41, 5.74) is -0.998. The van der Waals surface area contributed by atoms with Crippen molar-refractivity contribution in [2.45, 2.75) is 19.0 Å². The van der Waals surface area contributed by atoms with Gasteiger partial charge in [0.2, 0.25) is 0 Å². The number of piperazine rings is 1. The molecule has 1 aromatic carbocycles. The van der Waals surface area contributed by atoms with Crippen molar-refractivity contribution in [1.82, 2.24) is 24.5 Å². The van der Waals surface area contributed by atoms with E-state index in [1.807, 2.05) is 0 Å². The van der Waals surface area contributed by atoms with Crippen LogP contribution in [0.2, 0.25) is 5.02 Å². The third kappa shape index (κ3) is 5.10.